The Kier molecular flexibility index (Phi) is 4.03. The number of carbonyl (C=O) groups excluding carboxylic acids is 1. The van der Waals surface area contributed by atoms with E-state index in [1.54, 1.807) is 18.2 Å². The number of hydrogen-bond acceptors (Lipinski definition) is 6. The highest BCUT2D eigenvalue weighted by Gasteiger charge is 2.33. The molecule has 0 saturated heterocycles. The lowest BCUT2D eigenvalue weighted by molar-refractivity contribution is -0.384. The number of hydrazone groups is 1. The van der Waals surface area contributed by atoms with E-state index in [2.05, 4.69) is 15.1 Å². The van der Waals surface area contributed by atoms with Gasteiger partial charge in [-0.2, -0.15) is 15.1 Å². The number of amides is 1. The molecule has 122 valence electrons. The quantitative estimate of drug-likeness (QED) is 0.482. The maximum absolute atomic E-state index is 12.2. The van der Waals surface area contributed by atoms with E-state index in [4.69, 9.17) is 0 Å². The fourth-order valence-corrected chi connectivity index (χ4v) is 2.46. The number of carbonyl (C=O) groups is 1. The van der Waals surface area contributed by atoms with Crippen molar-refractivity contribution in [3.05, 3.63) is 45.6 Å². The van der Waals surface area contributed by atoms with Crippen LogP contribution in [0.15, 0.2) is 45.0 Å². The molecule has 8 nitrogen and oxygen atoms in total. The van der Waals surface area contributed by atoms with E-state index < -0.39 is 10.8 Å². The van der Waals surface area contributed by atoms with Crippen molar-refractivity contribution in [2.24, 2.45) is 15.1 Å². The molecule has 1 aromatic carbocycles. The summed E-state index contributed by atoms with van der Waals surface area (Å²) in [5.74, 6) is -0.161. The fourth-order valence-electron chi connectivity index (χ4n) is 2.46. The third kappa shape index (κ3) is 2.73. The fraction of sp³-hybridized carbons (Fsp3) is 0.250. The average molecular weight is 325 g/mol. The maximum atomic E-state index is 12.2. The molecule has 2 aliphatic rings. The smallest absolute Gasteiger partial charge is 0.265 e. The molecule has 0 bridgehead atoms. The van der Waals surface area contributed by atoms with E-state index in [0.717, 1.165) is 17.8 Å². The zero-order chi connectivity index (χ0) is 17.3. The molecule has 1 aromatic rings. The molecule has 0 aromatic heterocycles. The van der Waals surface area contributed by atoms with Crippen molar-refractivity contribution in [1.29, 1.82) is 0 Å². The molecule has 0 unspecified atom stereocenters. The number of aliphatic imine (C=N–C) groups is 2. The van der Waals surface area contributed by atoms with E-state index in [1.807, 2.05) is 13.8 Å². The van der Waals surface area contributed by atoms with Crippen LogP contribution in [0, 0.1) is 10.1 Å². The van der Waals surface area contributed by atoms with E-state index in [-0.39, 0.29) is 17.3 Å². The van der Waals surface area contributed by atoms with Crippen LogP contribution < -0.4 is 0 Å². The Bertz CT molecular complexity index is 834. The zero-order valence-corrected chi connectivity index (χ0v) is 13.3. The maximum Gasteiger partial charge on any atom is 0.299 e. The number of rotatable bonds is 4. The first-order valence-corrected chi connectivity index (χ1v) is 7.58. The van der Waals surface area contributed by atoms with Crippen molar-refractivity contribution in [3.8, 4) is 0 Å². The molecule has 0 spiro atoms. The van der Waals surface area contributed by atoms with Crippen LogP contribution in [-0.4, -0.2) is 33.2 Å². The number of benzene rings is 1. The molecular formula is C16H15N5O3. The second-order valence-electron chi connectivity index (χ2n) is 5.22. The Labute approximate surface area is 138 Å². The van der Waals surface area contributed by atoms with Crippen LogP contribution in [0.3, 0.4) is 0 Å². The molecule has 0 N–H and O–H groups in total. The van der Waals surface area contributed by atoms with Crippen LogP contribution in [0.1, 0.15) is 32.3 Å². The Balaban J connectivity index is 1.95. The summed E-state index contributed by atoms with van der Waals surface area (Å²) >= 11 is 0. The van der Waals surface area contributed by atoms with Gasteiger partial charge in [-0.3, -0.25) is 14.9 Å². The van der Waals surface area contributed by atoms with E-state index in [0.29, 0.717) is 12.0 Å². The zero-order valence-electron chi connectivity index (χ0n) is 13.3. The van der Waals surface area contributed by atoms with Crippen molar-refractivity contribution < 1.29 is 9.72 Å². The number of hydrogen-bond donors (Lipinski definition) is 0. The molecular weight excluding hydrogens is 310 g/mol. The molecule has 1 amide bonds. The predicted molar refractivity (Wildman–Crippen MR) is 90.8 cm³/mol. The van der Waals surface area contributed by atoms with Crippen LogP contribution in [-0.2, 0) is 4.79 Å². The number of non-ortho nitro benzene ring substituents is 1. The Morgan fingerprint density at radius 1 is 1.12 bits per heavy atom. The van der Waals surface area contributed by atoms with Gasteiger partial charge in [0.2, 0.25) is 0 Å². The van der Waals surface area contributed by atoms with Gasteiger partial charge in [-0.15, -0.1) is 0 Å². The predicted octanol–water partition coefficient (Wildman–Crippen LogP) is 2.76. The molecule has 0 atom stereocenters. The first kappa shape index (κ1) is 15.7. The summed E-state index contributed by atoms with van der Waals surface area (Å²) < 4.78 is 0. The number of guanidine groups is 1. The average Bonchev–Trinajstić information content (AvgIpc) is 2.88. The second kappa shape index (κ2) is 6.15. The molecule has 24 heavy (non-hydrogen) atoms. The molecule has 2 aliphatic heterocycles. The lowest BCUT2D eigenvalue weighted by Gasteiger charge is -2.20. The van der Waals surface area contributed by atoms with Gasteiger partial charge in [0.15, 0.2) is 0 Å². The lowest BCUT2D eigenvalue weighted by atomic mass is 10.1. The van der Waals surface area contributed by atoms with E-state index >= 15 is 0 Å². The minimum absolute atomic E-state index is 0.00622. The molecule has 0 radical (unpaired) electrons. The van der Waals surface area contributed by atoms with Gasteiger partial charge in [-0.05, 0) is 36.6 Å². The van der Waals surface area contributed by atoms with Crippen molar-refractivity contribution >= 4 is 35.1 Å². The van der Waals surface area contributed by atoms with Crippen molar-refractivity contribution in [1.82, 2.24) is 5.01 Å². The van der Waals surface area contributed by atoms with Crippen LogP contribution in [0.4, 0.5) is 5.69 Å². The highest BCUT2D eigenvalue weighted by Crippen LogP contribution is 2.24. The monoisotopic (exact) mass is 325 g/mol. The van der Waals surface area contributed by atoms with Gasteiger partial charge in [-0.1, -0.05) is 13.8 Å². The summed E-state index contributed by atoms with van der Waals surface area (Å²) in [7, 11) is 0. The van der Waals surface area contributed by atoms with Gasteiger partial charge in [0.05, 0.1) is 16.3 Å². The SMILES string of the molecule is CCC1=NC2=NC(=O)C(=Cc3ccc([N+](=O)[O-])cc3)N2N=C1CC. The third-order valence-corrected chi connectivity index (χ3v) is 3.70. The Morgan fingerprint density at radius 3 is 2.38 bits per heavy atom. The largest absolute Gasteiger partial charge is 0.299 e. The second-order valence-corrected chi connectivity index (χ2v) is 5.22. The summed E-state index contributed by atoms with van der Waals surface area (Å²) in [6, 6.07) is 5.92. The van der Waals surface area contributed by atoms with Gasteiger partial charge < -0.3 is 0 Å². The lowest BCUT2D eigenvalue weighted by Crippen LogP contribution is -2.30. The van der Waals surface area contributed by atoms with Gasteiger partial charge in [0.1, 0.15) is 5.70 Å². The first-order chi connectivity index (χ1) is 11.5. The standard InChI is InChI=1S/C16H15N5O3/c1-3-12-13(4-2)19-20-14(15(22)18-16(20)17-12)9-10-5-7-11(8-6-10)21(23)24/h5-9H,3-4H2,1-2H3. The normalized spacial score (nSPS) is 18.2. The summed E-state index contributed by atoms with van der Waals surface area (Å²) in [4.78, 5) is 30.7. The van der Waals surface area contributed by atoms with Crippen LogP contribution in [0.2, 0.25) is 0 Å². The molecule has 2 heterocycles. The summed E-state index contributed by atoms with van der Waals surface area (Å²) in [6.07, 6.45) is 3.02. The Morgan fingerprint density at radius 2 is 1.79 bits per heavy atom. The van der Waals surface area contributed by atoms with Crippen LogP contribution in [0.25, 0.3) is 6.08 Å². The molecule has 3 rings (SSSR count). The summed E-state index contributed by atoms with van der Waals surface area (Å²) in [6.45, 7) is 3.95. The van der Waals surface area contributed by atoms with Crippen LogP contribution >= 0.6 is 0 Å². The highest BCUT2D eigenvalue weighted by molar-refractivity contribution is 6.45. The van der Waals surface area contributed by atoms with Crippen LogP contribution in [0.5, 0.6) is 0 Å². The number of nitro groups is 1. The minimum Gasteiger partial charge on any atom is -0.265 e. The minimum atomic E-state index is -0.470. The summed E-state index contributed by atoms with van der Waals surface area (Å²) in [5.41, 5.74) is 2.58. The van der Waals surface area contributed by atoms with Gasteiger partial charge in [-0.25, -0.2) is 4.99 Å². The number of nitrogens with zero attached hydrogens (tertiary/aromatic N) is 5. The van der Waals surface area contributed by atoms with Crippen molar-refractivity contribution in [3.63, 3.8) is 0 Å². The molecule has 0 saturated carbocycles. The topological polar surface area (TPSA) is 101 Å². The van der Waals surface area contributed by atoms with Crippen molar-refractivity contribution in [2.45, 2.75) is 26.7 Å². The van der Waals surface area contributed by atoms with Gasteiger partial charge >= 0.3 is 0 Å². The summed E-state index contributed by atoms with van der Waals surface area (Å²) in [5, 5.41) is 16.6. The van der Waals surface area contributed by atoms with E-state index in [1.165, 1.54) is 17.1 Å². The highest BCUT2D eigenvalue weighted by atomic mass is 16.6. The molecule has 0 aliphatic carbocycles. The first-order valence-electron chi connectivity index (χ1n) is 7.58. The van der Waals surface area contributed by atoms with Gasteiger partial charge in [0.25, 0.3) is 17.6 Å². The Hall–Kier alpha value is -3.16. The van der Waals surface area contributed by atoms with E-state index in [9.17, 15) is 14.9 Å². The third-order valence-electron chi connectivity index (χ3n) is 3.70. The molecule has 8 heteroatoms. The van der Waals surface area contributed by atoms with Crippen molar-refractivity contribution in [2.75, 3.05) is 0 Å². The molecule has 0 fully saturated rings. The van der Waals surface area contributed by atoms with Gasteiger partial charge in [0, 0.05) is 12.1 Å². The number of fused-ring (bicyclic) bond motifs is 1. The number of nitro benzene ring substituents is 1.